The normalized spacial score (nSPS) is 22.5. The highest BCUT2D eigenvalue weighted by Crippen LogP contribution is 2.26. The van der Waals surface area contributed by atoms with Crippen LogP contribution in [-0.4, -0.2) is 82.6 Å². The van der Waals surface area contributed by atoms with Crippen LogP contribution in [0.1, 0.15) is 62.1 Å². The van der Waals surface area contributed by atoms with Crippen molar-refractivity contribution in [2.24, 2.45) is 0 Å². The van der Waals surface area contributed by atoms with Gasteiger partial charge in [-0.2, -0.15) is 5.10 Å². The van der Waals surface area contributed by atoms with Crippen molar-refractivity contribution < 1.29 is 13.2 Å². The molecule has 4 rings (SSSR count). The van der Waals surface area contributed by atoms with Crippen molar-refractivity contribution in [1.82, 2.24) is 24.6 Å². The van der Waals surface area contributed by atoms with Gasteiger partial charge in [-0.25, -0.2) is 18.1 Å². The van der Waals surface area contributed by atoms with E-state index in [9.17, 15) is 13.2 Å². The number of piperazine rings is 1. The molecule has 0 aromatic carbocycles. The van der Waals surface area contributed by atoms with Crippen molar-refractivity contribution in [3.8, 4) is 0 Å². The van der Waals surface area contributed by atoms with Crippen molar-refractivity contribution in [3.05, 3.63) is 23.5 Å². The Morgan fingerprint density at radius 2 is 1.83 bits per heavy atom. The zero-order valence-electron chi connectivity index (χ0n) is 18.2. The Balaban J connectivity index is 1.56. The van der Waals surface area contributed by atoms with E-state index in [4.69, 9.17) is 4.98 Å². The van der Waals surface area contributed by atoms with Crippen LogP contribution in [0.25, 0.3) is 11.0 Å². The topological polar surface area (TPSA) is 88.4 Å². The summed E-state index contributed by atoms with van der Waals surface area (Å²) < 4.78 is 25.5. The van der Waals surface area contributed by atoms with Crippen LogP contribution in [0.2, 0.25) is 0 Å². The van der Waals surface area contributed by atoms with Crippen LogP contribution in [0.5, 0.6) is 0 Å². The molecule has 0 N–H and O–H groups in total. The smallest absolute Gasteiger partial charge is 0.254 e. The molecule has 2 aliphatic heterocycles. The van der Waals surface area contributed by atoms with Gasteiger partial charge in [0.1, 0.15) is 0 Å². The Morgan fingerprint density at radius 3 is 2.40 bits per heavy atom. The van der Waals surface area contributed by atoms with E-state index in [1.807, 2.05) is 15.6 Å². The van der Waals surface area contributed by atoms with Gasteiger partial charge in [0.25, 0.3) is 5.91 Å². The number of carbonyl (C=O) groups is 1. The number of nitrogens with zero attached hydrogens (tertiary/aromatic N) is 5. The van der Waals surface area contributed by atoms with Gasteiger partial charge in [-0.1, -0.05) is 13.8 Å². The van der Waals surface area contributed by atoms with Gasteiger partial charge in [0.05, 0.1) is 28.7 Å². The number of aromatic nitrogens is 3. The lowest BCUT2D eigenvalue weighted by Gasteiger charge is -2.37. The monoisotopic (exact) mass is 433 g/mol. The molecule has 0 spiro atoms. The van der Waals surface area contributed by atoms with E-state index >= 15 is 0 Å². The number of hydrogen-bond donors (Lipinski definition) is 0. The second-order valence-corrected chi connectivity index (χ2v) is 11.3. The molecule has 2 aromatic heterocycles. The molecule has 30 heavy (non-hydrogen) atoms. The first kappa shape index (κ1) is 21.2. The molecule has 8 nitrogen and oxygen atoms in total. The molecule has 0 unspecified atom stereocenters. The summed E-state index contributed by atoms with van der Waals surface area (Å²) in [5.41, 5.74) is 2.31. The molecule has 164 valence electrons. The standard InChI is InChI=1S/C21H31N5O3S/c1-14(2)19-11-17(18-12-22-26(15(3)4)20(18)23-19)21(27)25-8-6-24(7-9-25)16-5-10-30(28,29)13-16/h11-12,14-16H,5-10,13H2,1-4H3/t16-/m1/s1. The minimum absolute atomic E-state index is 0.00583. The highest BCUT2D eigenvalue weighted by molar-refractivity contribution is 7.91. The lowest BCUT2D eigenvalue weighted by atomic mass is 10.0. The van der Waals surface area contributed by atoms with Gasteiger partial charge in [-0.3, -0.25) is 9.69 Å². The van der Waals surface area contributed by atoms with Gasteiger partial charge in [0, 0.05) is 44.0 Å². The first-order valence-corrected chi connectivity index (χ1v) is 12.6. The molecule has 1 amide bonds. The Labute approximate surface area is 178 Å². The first-order valence-electron chi connectivity index (χ1n) is 10.8. The van der Waals surface area contributed by atoms with Crippen LogP contribution in [-0.2, 0) is 9.84 Å². The number of rotatable bonds is 4. The molecule has 0 bridgehead atoms. The Bertz CT molecular complexity index is 1050. The van der Waals surface area contributed by atoms with Crippen LogP contribution in [0.15, 0.2) is 12.3 Å². The van der Waals surface area contributed by atoms with E-state index in [1.165, 1.54) is 0 Å². The molecule has 0 radical (unpaired) electrons. The minimum atomic E-state index is -2.90. The van der Waals surface area contributed by atoms with Crippen LogP contribution < -0.4 is 0 Å². The van der Waals surface area contributed by atoms with Crippen LogP contribution in [0, 0.1) is 0 Å². The fourth-order valence-electron chi connectivity index (χ4n) is 4.41. The molecule has 4 heterocycles. The summed E-state index contributed by atoms with van der Waals surface area (Å²) in [5, 5.41) is 5.27. The maximum atomic E-state index is 13.4. The quantitative estimate of drug-likeness (QED) is 0.734. The van der Waals surface area contributed by atoms with Gasteiger partial charge in [0.2, 0.25) is 0 Å². The van der Waals surface area contributed by atoms with Gasteiger partial charge >= 0.3 is 0 Å². The molecule has 0 saturated carbocycles. The molecular formula is C21H31N5O3S. The molecule has 2 saturated heterocycles. The van der Waals surface area contributed by atoms with Crippen molar-refractivity contribution in [2.75, 3.05) is 37.7 Å². The zero-order chi connectivity index (χ0) is 21.6. The van der Waals surface area contributed by atoms with Crippen LogP contribution in [0.4, 0.5) is 0 Å². The average Bonchev–Trinajstić information content (AvgIpc) is 3.29. The van der Waals surface area contributed by atoms with Crippen molar-refractivity contribution in [2.45, 2.75) is 52.1 Å². The minimum Gasteiger partial charge on any atom is -0.336 e. The van der Waals surface area contributed by atoms with Gasteiger partial charge in [-0.15, -0.1) is 0 Å². The summed E-state index contributed by atoms with van der Waals surface area (Å²) in [6.07, 6.45) is 2.45. The Morgan fingerprint density at radius 1 is 1.13 bits per heavy atom. The number of sulfone groups is 1. The van der Waals surface area contributed by atoms with Gasteiger partial charge in [-0.05, 0) is 32.3 Å². The van der Waals surface area contributed by atoms with E-state index < -0.39 is 9.84 Å². The highest BCUT2D eigenvalue weighted by atomic mass is 32.2. The molecule has 0 aliphatic carbocycles. The number of pyridine rings is 1. The zero-order valence-corrected chi connectivity index (χ0v) is 19.0. The van der Waals surface area contributed by atoms with E-state index in [2.05, 4.69) is 37.7 Å². The largest absolute Gasteiger partial charge is 0.336 e. The summed E-state index contributed by atoms with van der Waals surface area (Å²) in [5.74, 6) is 0.741. The lowest BCUT2D eigenvalue weighted by Crippen LogP contribution is -2.52. The summed E-state index contributed by atoms with van der Waals surface area (Å²) in [6, 6.07) is 2.17. The Hall–Kier alpha value is -2.00. The third kappa shape index (κ3) is 3.97. The third-order valence-electron chi connectivity index (χ3n) is 6.22. The van der Waals surface area contributed by atoms with Crippen molar-refractivity contribution in [1.29, 1.82) is 0 Å². The molecule has 2 fully saturated rings. The van der Waals surface area contributed by atoms with Crippen LogP contribution in [0.3, 0.4) is 0 Å². The highest BCUT2D eigenvalue weighted by Gasteiger charge is 2.35. The summed E-state index contributed by atoms with van der Waals surface area (Å²) in [6.45, 7) is 10.9. The van der Waals surface area contributed by atoms with E-state index in [0.717, 1.165) is 16.7 Å². The Kier molecular flexibility index (Phi) is 5.61. The molecule has 9 heteroatoms. The fourth-order valence-corrected chi connectivity index (χ4v) is 6.17. The number of hydrogen-bond acceptors (Lipinski definition) is 6. The SMILES string of the molecule is CC(C)c1cc(C(=O)N2CCN([C@@H]3CCS(=O)(=O)C3)CC2)c2cnn(C(C)C)c2n1. The van der Waals surface area contributed by atoms with Gasteiger partial charge in [0.15, 0.2) is 15.5 Å². The molecular weight excluding hydrogens is 402 g/mol. The summed E-state index contributed by atoms with van der Waals surface area (Å²) >= 11 is 0. The lowest BCUT2D eigenvalue weighted by molar-refractivity contribution is 0.0589. The molecule has 2 aliphatic rings. The first-order chi connectivity index (χ1) is 14.2. The van der Waals surface area contributed by atoms with Gasteiger partial charge < -0.3 is 4.90 Å². The number of fused-ring (bicyclic) bond motifs is 1. The van der Waals surface area contributed by atoms with Crippen LogP contribution >= 0.6 is 0 Å². The fraction of sp³-hybridized carbons (Fsp3) is 0.667. The maximum Gasteiger partial charge on any atom is 0.254 e. The van der Waals surface area contributed by atoms with Crippen molar-refractivity contribution in [3.63, 3.8) is 0 Å². The second-order valence-electron chi connectivity index (χ2n) is 9.05. The summed E-state index contributed by atoms with van der Waals surface area (Å²) in [4.78, 5) is 22.3. The average molecular weight is 434 g/mol. The molecule has 1 atom stereocenters. The van der Waals surface area contributed by atoms with Crippen molar-refractivity contribution >= 4 is 26.8 Å². The number of amides is 1. The van der Waals surface area contributed by atoms with E-state index in [0.29, 0.717) is 38.2 Å². The van der Waals surface area contributed by atoms with E-state index in [1.54, 1.807) is 6.20 Å². The third-order valence-corrected chi connectivity index (χ3v) is 7.97. The second kappa shape index (κ2) is 7.92. The maximum absolute atomic E-state index is 13.4. The number of carbonyl (C=O) groups excluding carboxylic acids is 1. The summed E-state index contributed by atoms with van der Waals surface area (Å²) in [7, 11) is -2.90. The predicted octanol–water partition coefficient (Wildman–Crippen LogP) is 2.08. The molecule has 2 aromatic rings. The predicted molar refractivity (Wildman–Crippen MR) is 117 cm³/mol. The van der Waals surface area contributed by atoms with E-state index in [-0.39, 0.29) is 35.4 Å².